The number of aryl methyl sites for hydroxylation is 1. The highest BCUT2D eigenvalue weighted by molar-refractivity contribution is 7.87. The van der Waals surface area contributed by atoms with Gasteiger partial charge in [0.2, 0.25) is 0 Å². The number of hydrogen-bond donors (Lipinski definition) is 1. The molecule has 2 unspecified atom stereocenters. The predicted molar refractivity (Wildman–Crippen MR) is 92.7 cm³/mol. The van der Waals surface area contributed by atoms with Crippen LogP contribution in [0.25, 0.3) is 0 Å². The highest BCUT2D eigenvalue weighted by Crippen LogP contribution is 2.24. The second-order valence-corrected chi connectivity index (χ2v) is 8.91. The molecule has 130 valence electrons. The molecule has 0 amide bonds. The van der Waals surface area contributed by atoms with Gasteiger partial charge in [-0.25, -0.2) is 4.72 Å². The van der Waals surface area contributed by atoms with Crippen molar-refractivity contribution in [1.29, 1.82) is 0 Å². The third-order valence-electron chi connectivity index (χ3n) is 4.22. The third kappa shape index (κ3) is 4.76. The van der Waals surface area contributed by atoms with Gasteiger partial charge in [-0.15, -0.1) is 0 Å². The Morgan fingerprint density at radius 1 is 1.26 bits per heavy atom. The standard InChI is InChI=1S/C17H28N2O3S/c1-13-7-6-8-16(9-13)17(4,5)12-18-23(20,21)19-10-14(2)22-15(3)11-19/h6-9,14-15,18H,10-12H2,1-5H3. The minimum absolute atomic E-state index is 0.0832. The Kier molecular flexibility index (Phi) is 5.51. The van der Waals surface area contributed by atoms with Crippen LogP contribution in [0, 0.1) is 6.92 Å². The summed E-state index contributed by atoms with van der Waals surface area (Å²) < 4.78 is 35.0. The maximum Gasteiger partial charge on any atom is 0.279 e. The molecule has 1 aliphatic heterocycles. The minimum atomic E-state index is -3.50. The van der Waals surface area contributed by atoms with E-state index in [0.29, 0.717) is 19.6 Å². The van der Waals surface area contributed by atoms with Gasteiger partial charge < -0.3 is 4.74 Å². The second-order valence-electron chi connectivity index (χ2n) is 7.15. The Labute approximate surface area is 140 Å². The summed E-state index contributed by atoms with van der Waals surface area (Å²) in [6.45, 7) is 11.1. The van der Waals surface area contributed by atoms with Crippen LogP contribution in [0.2, 0.25) is 0 Å². The van der Waals surface area contributed by atoms with Crippen LogP contribution in [0.5, 0.6) is 0 Å². The lowest BCUT2D eigenvalue weighted by Crippen LogP contribution is -2.53. The maximum atomic E-state index is 12.6. The Hall–Kier alpha value is -0.950. The van der Waals surface area contributed by atoms with Crippen molar-refractivity contribution in [3.8, 4) is 0 Å². The van der Waals surface area contributed by atoms with Crippen molar-refractivity contribution in [3.63, 3.8) is 0 Å². The van der Waals surface area contributed by atoms with E-state index in [1.165, 1.54) is 9.87 Å². The normalized spacial score (nSPS) is 23.9. The molecule has 0 aliphatic carbocycles. The first-order chi connectivity index (χ1) is 10.6. The van der Waals surface area contributed by atoms with Crippen molar-refractivity contribution in [2.75, 3.05) is 19.6 Å². The highest BCUT2D eigenvalue weighted by atomic mass is 32.2. The third-order valence-corrected chi connectivity index (χ3v) is 5.71. The van der Waals surface area contributed by atoms with Crippen molar-refractivity contribution in [2.45, 2.75) is 52.2 Å². The second kappa shape index (κ2) is 6.89. The average molecular weight is 340 g/mol. The Morgan fingerprint density at radius 2 is 1.87 bits per heavy atom. The maximum absolute atomic E-state index is 12.6. The fraction of sp³-hybridized carbons (Fsp3) is 0.647. The van der Waals surface area contributed by atoms with Crippen molar-refractivity contribution >= 4 is 10.2 Å². The van der Waals surface area contributed by atoms with E-state index in [0.717, 1.165) is 5.56 Å². The summed E-state index contributed by atoms with van der Waals surface area (Å²) in [5.41, 5.74) is 2.03. The lowest BCUT2D eigenvalue weighted by molar-refractivity contribution is -0.0444. The molecule has 0 bridgehead atoms. The zero-order chi connectivity index (χ0) is 17.3. The van der Waals surface area contributed by atoms with Crippen LogP contribution in [-0.4, -0.2) is 44.6 Å². The van der Waals surface area contributed by atoms with Gasteiger partial charge >= 0.3 is 0 Å². The van der Waals surface area contributed by atoms with Crippen molar-refractivity contribution in [1.82, 2.24) is 9.03 Å². The summed E-state index contributed by atoms with van der Waals surface area (Å²) in [5, 5.41) is 0. The molecule has 1 fully saturated rings. The van der Waals surface area contributed by atoms with Gasteiger partial charge in [0.15, 0.2) is 0 Å². The molecule has 2 atom stereocenters. The number of morpholine rings is 1. The predicted octanol–water partition coefficient (Wildman–Crippen LogP) is 2.22. The molecule has 1 aromatic rings. The van der Waals surface area contributed by atoms with Crippen molar-refractivity contribution in [3.05, 3.63) is 35.4 Å². The van der Waals surface area contributed by atoms with Gasteiger partial charge in [-0.2, -0.15) is 12.7 Å². The summed E-state index contributed by atoms with van der Waals surface area (Å²) in [6, 6.07) is 8.19. The van der Waals surface area contributed by atoms with E-state index in [1.54, 1.807) is 0 Å². The van der Waals surface area contributed by atoms with E-state index < -0.39 is 10.2 Å². The molecule has 5 nitrogen and oxygen atoms in total. The molecule has 6 heteroatoms. The zero-order valence-corrected chi connectivity index (χ0v) is 15.5. The van der Waals surface area contributed by atoms with Gasteiger partial charge in [-0.3, -0.25) is 0 Å². The molecular formula is C17H28N2O3S. The Balaban J connectivity index is 2.06. The van der Waals surface area contributed by atoms with E-state index in [1.807, 2.05) is 39.0 Å². The molecule has 1 N–H and O–H groups in total. The summed E-state index contributed by atoms with van der Waals surface area (Å²) in [4.78, 5) is 0. The van der Waals surface area contributed by atoms with E-state index in [2.05, 4.69) is 24.6 Å². The van der Waals surface area contributed by atoms with Crippen LogP contribution in [0.4, 0.5) is 0 Å². The fourth-order valence-electron chi connectivity index (χ4n) is 2.86. The van der Waals surface area contributed by atoms with Gasteiger partial charge in [-0.05, 0) is 26.3 Å². The van der Waals surface area contributed by atoms with Gasteiger partial charge in [0.05, 0.1) is 12.2 Å². The minimum Gasteiger partial charge on any atom is -0.373 e. The fourth-order valence-corrected chi connectivity index (χ4v) is 4.40. The van der Waals surface area contributed by atoms with E-state index in [9.17, 15) is 8.42 Å². The van der Waals surface area contributed by atoms with Crippen LogP contribution in [-0.2, 0) is 20.4 Å². The molecule has 1 heterocycles. The summed E-state index contributed by atoms with van der Waals surface area (Å²) in [7, 11) is -3.50. The molecule has 0 spiro atoms. The number of ether oxygens (including phenoxy) is 1. The van der Waals surface area contributed by atoms with E-state index >= 15 is 0 Å². The van der Waals surface area contributed by atoms with Crippen LogP contribution < -0.4 is 4.72 Å². The van der Waals surface area contributed by atoms with Crippen molar-refractivity contribution in [2.24, 2.45) is 0 Å². The number of benzene rings is 1. The lowest BCUT2D eigenvalue weighted by atomic mass is 9.84. The summed E-state index contributed by atoms with van der Waals surface area (Å²) in [6.07, 6.45) is -0.166. The topological polar surface area (TPSA) is 58.6 Å². The molecule has 1 aromatic carbocycles. The molecule has 0 aromatic heterocycles. The van der Waals surface area contributed by atoms with Crippen LogP contribution in [0.15, 0.2) is 24.3 Å². The first kappa shape index (κ1) is 18.4. The molecule has 1 aliphatic rings. The average Bonchev–Trinajstić information content (AvgIpc) is 2.44. The Morgan fingerprint density at radius 3 is 2.43 bits per heavy atom. The molecule has 2 rings (SSSR count). The molecule has 0 saturated carbocycles. The first-order valence-electron chi connectivity index (χ1n) is 8.07. The molecular weight excluding hydrogens is 312 g/mol. The van der Waals surface area contributed by atoms with Gasteiger partial charge in [-0.1, -0.05) is 43.7 Å². The number of hydrogen-bond acceptors (Lipinski definition) is 3. The van der Waals surface area contributed by atoms with Gasteiger partial charge in [0.1, 0.15) is 0 Å². The van der Waals surface area contributed by atoms with Crippen LogP contribution in [0.1, 0.15) is 38.8 Å². The van der Waals surface area contributed by atoms with E-state index in [4.69, 9.17) is 4.74 Å². The summed E-state index contributed by atoms with van der Waals surface area (Å²) >= 11 is 0. The number of nitrogens with zero attached hydrogens (tertiary/aromatic N) is 1. The highest BCUT2D eigenvalue weighted by Gasteiger charge is 2.32. The largest absolute Gasteiger partial charge is 0.373 e. The van der Waals surface area contributed by atoms with Crippen molar-refractivity contribution < 1.29 is 13.2 Å². The van der Waals surface area contributed by atoms with Gasteiger partial charge in [0.25, 0.3) is 10.2 Å². The number of rotatable bonds is 5. The smallest absolute Gasteiger partial charge is 0.279 e. The van der Waals surface area contributed by atoms with E-state index in [-0.39, 0.29) is 17.6 Å². The lowest BCUT2D eigenvalue weighted by Gasteiger charge is -2.35. The van der Waals surface area contributed by atoms with Gasteiger partial charge in [0, 0.05) is 25.0 Å². The first-order valence-corrected chi connectivity index (χ1v) is 9.51. The summed E-state index contributed by atoms with van der Waals surface area (Å²) in [5.74, 6) is 0. The SMILES string of the molecule is Cc1cccc(C(C)(C)CNS(=O)(=O)N2CC(C)OC(C)C2)c1. The van der Waals surface area contributed by atoms with Crippen LogP contribution >= 0.6 is 0 Å². The molecule has 23 heavy (non-hydrogen) atoms. The number of nitrogens with one attached hydrogen (secondary N) is 1. The molecule has 0 radical (unpaired) electrons. The Bertz CT molecular complexity index is 633. The molecule has 1 saturated heterocycles. The quantitative estimate of drug-likeness (QED) is 0.894. The zero-order valence-electron chi connectivity index (χ0n) is 14.7. The van der Waals surface area contributed by atoms with Crippen LogP contribution in [0.3, 0.4) is 0 Å². The monoisotopic (exact) mass is 340 g/mol.